The van der Waals surface area contributed by atoms with Crippen molar-refractivity contribution in [3.05, 3.63) is 23.3 Å². The number of carboxylic acids is 1. The molecule has 0 radical (unpaired) electrons. The standard InChI is InChI=1S/C46H71NO13/c1-10-28-13-12-14-37(60-41-18-15-36(26(5)56-41)47(7)38(48)16-17-39(49)50)25(4)42(52)35-22-33-31(34(35)23-40(51)58-28)19-24(3)30-20-29(21-32(30)33)59-46-45(54-9)44(55-11-2)43(53-8)27(6)57-46/h19,22,25-34,36-37,41,43-46H,10-18,20-21,23H2,1-9H3,(H,49,50)/t25-,26-,27+,28+,29-,30+,31-,32-,33-,34+,36+,37+,41+,43+,44-,45-,46?/m1/s1. The van der Waals surface area contributed by atoms with Crippen LogP contribution in [0.1, 0.15) is 112 Å². The fraction of sp³-hybridized carbons (Fsp3) is 0.826. The molecule has 0 bridgehead atoms. The van der Waals surface area contributed by atoms with Crippen LogP contribution in [0.4, 0.5) is 0 Å². The first kappa shape index (κ1) is 46.8. The lowest BCUT2D eigenvalue weighted by Gasteiger charge is -2.44. The minimum Gasteiger partial charge on any atom is -0.481 e. The highest BCUT2D eigenvalue weighted by molar-refractivity contribution is 5.99. The molecular formula is C46H71NO13. The molecule has 1 N–H and O–H groups in total. The maximum Gasteiger partial charge on any atom is 0.306 e. The molecule has 6 aliphatic rings. The van der Waals surface area contributed by atoms with Crippen molar-refractivity contribution in [1.29, 1.82) is 0 Å². The smallest absolute Gasteiger partial charge is 0.306 e. The molecule has 3 aliphatic carbocycles. The highest BCUT2D eigenvalue weighted by Gasteiger charge is 2.54. The Balaban J connectivity index is 1.19. The average molecular weight is 846 g/mol. The van der Waals surface area contributed by atoms with Gasteiger partial charge < -0.3 is 47.9 Å². The summed E-state index contributed by atoms with van der Waals surface area (Å²) >= 11 is 0. The number of ketones is 1. The van der Waals surface area contributed by atoms with Crippen LogP contribution in [-0.4, -0.2) is 129 Å². The molecule has 14 heteroatoms. The topological polar surface area (TPSA) is 166 Å². The van der Waals surface area contributed by atoms with E-state index in [-0.39, 0.29) is 109 Å². The van der Waals surface area contributed by atoms with Crippen molar-refractivity contribution in [2.45, 2.75) is 180 Å². The van der Waals surface area contributed by atoms with E-state index in [0.29, 0.717) is 50.7 Å². The number of ether oxygens (including phenoxy) is 8. The summed E-state index contributed by atoms with van der Waals surface area (Å²) in [4.78, 5) is 53.9. The van der Waals surface area contributed by atoms with Crippen molar-refractivity contribution in [2.75, 3.05) is 27.9 Å². The second kappa shape index (κ2) is 20.6. The molecule has 60 heavy (non-hydrogen) atoms. The summed E-state index contributed by atoms with van der Waals surface area (Å²) < 4.78 is 50.2. The number of fused-ring (bicyclic) bond motifs is 5. The van der Waals surface area contributed by atoms with Crippen LogP contribution in [0.5, 0.6) is 0 Å². The zero-order valence-electron chi connectivity index (χ0n) is 37.2. The Kier molecular flexibility index (Phi) is 16.1. The molecule has 14 nitrogen and oxygen atoms in total. The van der Waals surface area contributed by atoms with Gasteiger partial charge >= 0.3 is 11.9 Å². The molecule has 3 aliphatic heterocycles. The van der Waals surface area contributed by atoms with Gasteiger partial charge in [-0.1, -0.05) is 31.6 Å². The Hall–Kier alpha value is -2.72. The zero-order valence-corrected chi connectivity index (χ0v) is 37.2. The van der Waals surface area contributed by atoms with Crippen LogP contribution < -0.4 is 0 Å². The molecule has 4 fully saturated rings. The molecule has 3 saturated heterocycles. The number of esters is 1. The lowest BCUT2D eigenvalue weighted by Crippen LogP contribution is -2.60. The summed E-state index contributed by atoms with van der Waals surface area (Å²) in [5.41, 5.74) is 1.96. The van der Waals surface area contributed by atoms with Crippen molar-refractivity contribution in [3.63, 3.8) is 0 Å². The van der Waals surface area contributed by atoms with Gasteiger partial charge in [-0.25, -0.2) is 0 Å². The van der Waals surface area contributed by atoms with E-state index in [1.54, 1.807) is 26.2 Å². The number of amides is 1. The van der Waals surface area contributed by atoms with Gasteiger partial charge in [-0.15, -0.1) is 0 Å². The largest absolute Gasteiger partial charge is 0.481 e. The third kappa shape index (κ3) is 10.2. The van der Waals surface area contributed by atoms with Crippen LogP contribution in [-0.2, 0) is 57.1 Å². The number of aliphatic carboxylic acids is 1. The Morgan fingerprint density at radius 1 is 0.867 bits per heavy atom. The second-order valence-electron chi connectivity index (χ2n) is 18.1. The van der Waals surface area contributed by atoms with Crippen molar-refractivity contribution in [3.8, 4) is 0 Å². The SMILES string of the molecule is CCO[C@@H]1[C@@H](OC)[C@H](C)OC(O[C@H]2C[C@H]3[C@@H]4C=C5C(=O)[C@H](C)[C@@H](O[C@H]6CC[C@H](N(C)C(=O)CCC(=O)O)[C@@H](C)O6)CCC[C@H](CC)OC(=O)C[C@H]5[C@@H]4C=C(C)[C@@H]3C2)[C@@H]1OC. The molecular weight excluding hydrogens is 774 g/mol. The normalized spacial score (nSPS) is 41.1. The lowest BCUT2D eigenvalue weighted by molar-refractivity contribution is -0.317. The summed E-state index contributed by atoms with van der Waals surface area (Å²) in [7, 11) is 5.00. The van der Waals surface area contributed by atoms with Crippen LogP contribution in [0.25, 0.3) is 0 Å². The number of nitrogens with zero attached hydrogens (tertiary/aromatic N) is 1. The Morgan fingerprint density at radius 2 is 1.62 bits per heavy atom. The molecule has 1 saturated carbocycles. The van der Waals surface area contributed by atoms with Crippen LogP contribution in [0.15, 0.2) is 23.3 Å². The van der Waals surface area contributed by atoms with E-state index in [1.807, 2.05) is 34.6 Å². The number of carbonyl (C=O) groups is 4. The Morgan fingerprint density at radius 3 is 2.28 bits per heavy atom. The number of hydrogen-bond donors (Lipinski definition) is 1. The molecule has 3 heterocycles. The highest BCUT2D eigenvalue weighted by Crippen LogP contribution is 2.56. The van der Waals surface area contributed by atoms with Crippen LogP contribution in [0.2, 0.25) is 0 Å². The number of cyclic esters (lactones) is 1. The number of rotatable bonds is 13. The minimum absolute atomic E-state index is 0.000836. The number of allylic oxidation sites excluding steroid dienone is 4. The van der Waals surface area contributed by atoms with Crippen molar-refractivity contribution in [2.24, 2.45) is 35.5 Å². The van der Waals surface area contributed by atoms with E-state index in [1.165, 1.54) is 5.57 Å². The van der Waals surface area contributed by atoms with Crippen LogP contribution in [0.3, 0.4) is 0 Å². The van der Waals surface area contributed by atoms with Gasteiger partial charge in [0, 0.05) is 52.6 Å². The van der Waals surface area contributed by atoms with Gasteiger partial charge in [0.2, 0.25) is 5.91 Å². The van der Waals surface area contributed by atoms with E-state index in [2.05, 4.69) is 19.1 Å². The predicted molar refractivity (Wildman–Crippen MR) is 219 cm³/mol. The van der Waals surface area contributed by atoms with E-state index in [9.17, 15) is 19.2 Å². The van der Waals surface area contributed by atoms with Crippen LogP contribution in [0, 0.1) is 35.5 Å². The first-order chi connectivity index (χ1) is 28.7. The van der Waals surface area contributed by atoms with Crippen molar-refractivity contribution < 1.29 is 62.2 Å². The van der Waals surface area contributed by atoms with Gasteiger partial charge in [0.05, 0.1) is 43.3 Å². The highest BCUT2D eigenvalue weighted by atomic mass is 16.7. The minimum atomic E-state index is -1.01. The number of carboxylic acid groups (broad SMARTS) is 1. The maximum absolute atomic E-state index is 14.9. The van der Waals surface area contributed by atoms with Crippen molar-refractivity contribution >= 4 is 23.6 Å². The monoisotopic (exact) mass is 845 g/mol. The fourth-order valence-electron chi connectivity index (χ4n) is 11.3. The number of hydrogen-bond acceptors (Lipinski definition) is 12. The summed E-state index contributed by atoms with van der Waals surface area (Å²) in [6, 6.07) is -0.217. The quantitative estimate of drug-likeness (QED) is 0.169. The maximum atomic E-state index is 14.9. The molecule has 0 aromatic heterocycles. The van der Waals surface area contributed by atoms with E-state index in [4.69, 9.17) is 43.0 Å². The molecule has 1 unspecified atom stereocenters. The van der Waals surface area contributed by atoms with Crippen LogP contribution >= 0.6 is 0 Å². The third-order valence-corrected chi connectivity index (χ3v) is 14.5. The van der Waals surface area contributed by atoms with Crippen molar-refractivity contribution in [1.82, 2.24) is 4.90 Å². The summed E-state index contributed by atoms with van der Waals surface area (Å²) in [5, 5.41) is 9.06. The number of Topliss-reactive ketones (excluding diaryl/α,β-unsaturated/α-hetero) is 1. The van der Waals surface area contributed by atoms with E-state index < -0.39 is 36.7 Å². The molecule has 6 rings (SSSR count). The molecule has 17 atom stereocenters. The molecule has 0 aromatic rings. The lowest BCUT2D eigenvalue weighted by atomic mass is 9.67. The van der Waals surface area contributed by atoms with Gasteiger partial charge in [-0.2, -0.15) is 0 Å². The molecule has 338 valence electrons. The Labute approximate surface area is 356 Å². The first-order valence-electron chi connectivity index (χ1n) is 22.6. The van der Waals surface area contributed by atoms with Gasteiger partial charge in [-0.05, 0) is 102 Å². The van der Waals surface area contributed by atoms with Gasteiger partial charge in [0.15, 0.2) is 18.4 Å². The predicted octanol–water partition coefficient (Wildman–Crippen LogP) is 6.03. The third-order valence-electron chi connectivity index (χ3n) is 14.5. The van der Waals surface area contributed by atoms with E-state index >= 15 is 0 Å². The van der Waals surface area contributed by atoms with Gasteiger partial charge in [-0.3, -0.25) is 19.2 Å². The number of methoxy groups -OCH3 is 2. The van der Waals surface area contributed by atoms with Gasteiger partial charge in [0.25, 0.3) is 0 Å². The summed E-state index contributed by atoms with van der Waals surface area (Å²) in [6.45, 7) is 12.5. The Bertz CT molecular complexity index is 1580. The second-order valence-corrected chi connectivity index (χ2v) is 18.1. The first-order valence-corrected chi connectivity index (χ1v) is 22.6. The summed E-state index contributed by atoms with van der Waals surface area (Å²) in [6.07, 6.45) is 6.07. The molecule has 0 aromatic carbocycles. The zero-order chi connectivity index (χ0) is 43.4. The number of carbonyl (C=O) groups excluding carboxylic acids is 3. The summed E-state index contributed by atoms with van der Waals surface area (Å²) in [5.74, 6) is -1.80. The molecule has 0 spiro atoms. The van der Waals surface area contributed by atoms with E-state index in [0.717, 1.165) is 12.8 Å². The van der Waals surface area contributed by atoms with Gasteiger partial charge in [0.1, 0.15) is 24.4 Å². The average Bonchev–Trinajstić information content (AvgIpc) is 3.80. The molecule has 1 amide bonds. The number of likely N-dealkylation sites (N-methyl/N-ethyl adjacent to an activating group) is 1. The fourth-order valence-corrected chi connectivity index (χ4v) is 11.3.